The van der Waals surface area contributed by atoms with Crippen molar-refractivity contribution in [2.75, 3.05) is 18.5 Å². The summed E-state index contributed by atoms with van der Waals surface area (Å²) in [4.78, 5) is 12.7. The van der Waals surface area contributed by atoms with E-state index in [4.69, 9.17) is 21.7 Å². The Morgan fingerprint density at radius 2 is 1.68 bits per heavy atom. The van der Waals surface area contributed by atoms with Gasteiger partial charge in [-0.25, -0.2) is 0 Å². The van der Waals surface area contributed by atoms with Crippen LogP contribution in [0.15, 0.2) is 77.3 Å². The fourth-order valence-electron chi connectivity index (χ4n) is 4.47. The molecule has 194 valence electrons. The minimum Gasteiger partial charge on any atom is -0.494 e. The van der Waals surface area contributed by atoms with Gasteiger partial charge in [-0.3, -0.25) is 10.1 Å². The van der Waals surface area contributed by atoms with Gasteiger partial charge in [-0.2, -0.15) is 0 Å². The number of hydrogen-bond donors (Lipinski definition) is 2. The zero-order valence-electron chi connectivity index (χ0n) is 20.9. The Balaban J connectivity index is 1.20. The molecule has 0 saturated heterocycles. The van der Waals surface area contributed by atoms with Crippen LogP contribution in [0.5, 0.6) is 11.5 Å². The highest BCUT2D eigenvalue weighted by Gasteiger charge is 2.14. The van der Waals surface area contributed by atoms with Gasteiger partial charge in [0.15, 0.2) is 5.11 Å². The lowest BCUT2D eigenvalue weighted by atomic mass is 9.87. The zero-order chi connectivity index (χ0) is 25.9. The SMILES string of the molecule is O=C(NC(=S)Nc1ccc(OCCC2CCCCC2)cc1)c1ccc(OCCc2ccccc2)c(Br)c1. The molecule has 0 aliphatic heterocycles. The van der Waals surface area contributed by atoms with Crippen molar-refractivity contribution in [3.8, 4) is 11.5 Å². The molecule has 0 unspecified atom stereocenters. The van der Waals surface area contributed by atoms with Crippen LogP contribution in [0.1, 0.15) is 54.4 Å². The van der Waals surface area contributed by atoms with E-state index in [1.54, 1.807) is 18.2 Å². The van der Waals surface area contributed by atoms with Crippen molar-refractivity contribution in [2.45, 2.75) is 44.9 Å². The molecule has 1 aliphatic rings. The number of rotatable bonds is 10. The molecule has 0 spiro atoms. The minimum absolute atomic E-state index is 0.232. The Kier molecular flexibility index (Phi) is 10.4. The highest BCUT2D eigenvalue weighted by atomic mass is 79.9. The summed E-state index contributed by atoms with van der Waals surface area (Å²) in [6.07, 6.45) is 8.68. The van der Waals surface area contributed by atoms with E-state index in [2.05, 4.69) is 38.7 Å². The summed E-state index contributed by atoms with van der Waals surface area (Å²) in [5.74, 6) is 2.04. The van der Waals surface area contributed by atoms with Gasteiger partial charge in [-0.05, 0) is 88.5 Å². The van der Waals surface area contributed by atoms with Gasteiger partial charge in [0.05, 0.1) is 17.7 Å². The Morgan fingerprint density at radius 3 is 2.41 bits per heavy atom. The molecule has 1 fully saturated rings. The van der Waals surface area contributed by atoms with Gasteiger partial charge in [0.2, 0.25) is 0 Å². The average molecular weight is 582 g/mol. The monoisotopic (exact) mass is 580 g/mol. The molecule has 4 rings (SSSR count). The number of ether oxygens (including phenoxy) is 2. The maximum absolute atomic E-state index is 12.7. The van der Waals surface area contributed by atoms with E-state index in [0.29, 0.717) is 22.4 Å². The number of amides is 1. The Bertz CT molecular complexity index is 1170. The first kappa shape index (κ1) is 27.1. The first-order valence-corrected chi connectivity index (χ1v) is 14.1. The number of nitrogens with one attached hydrogen (secondary N) is 2. The second kappa shape index (κ2) is 14.1. The van der Waals surface area contributed by atoms with E-state index >= 15 is 0 Å². The second-order valence-electron chi connectivity index (χ2n) is 9.30. The maximum atomic E-state index is 12.7. The Morgan fingerprint density at radius 1 is 0.919 bits per heavy atom. The fourth-order valence-corrected chi connectivity index (χ4v) is 5.18. The molecule has 37 heavy (non-hydrogen) atoms. The van der Waals surface area contributed by atoms with E-state index in [0.717, 1.165) is 36.8 Å². The fraction of sp³-hybridized carbons (Fsp3) is 0.333. The molecule has 0 bridgehead atoms. The summed E-state index contributed by atoms with van der Waals surface area (Å²) >= 11 is 8.84. The van der Waals surface area contributed by atoms with Gasteiger partial charge >= 0.3 is 0 Å². The van der Waals surface area contributed by atoms with Gasteiger partial charge in [-0.15, -0.1) is 0 Å². The van der Waals surface area contributed by atoms with Crippen molar-refractivity contribution >= 4 is 44.9 Å². The summed E-state index contributed by atoms with van der Waals surface area (Å²) in [7, 11) is 0. The molecular weight excluding hydrogens is 548 g/mol. The number of carbonyl (C=O) groups excluding carboxylic acids is 1. The Hall–Kier alpha value is -2.90. The van der Waals surface area contributed by atoms with Crippen molar-refractivity contribution in [3.05, 3.63) is 88.4 Å². The third-order valence-corrected chi connectivity index (χ3v) is 7.37. The molecule has 2 N–H and O–H groups in total. The van der Waals surface area contributed by atoms with Crippen molar-refractivity contribution in [1.82, 2.24) is 5.32 Å². The molecule has 0 heterocycles. The predicted molar refractivity (Wildman–Crippen MR) is 157 cm³/mol. The van der Waals surface area contributed by atoms with Crippen LogP contribution in [-0.2, 0) is 6.42 Å². The summed E-state index contributed by atoms with van der Waals surface area (Å²) < 4.78 is 12.5. The number of thiocarbonyl (C=S) groups is 1. The normalized spacial score (nSPS) is 13.5. The number of carbonyl (C=O) groups is 1. The number of anilines is 1. The first-order valence-electron chi connectivity index (χ1n) is 12.9. The van der Waals surface area contributed by atoms with Crippen LogP contribution in [0, 0.1) is 5.92 Å². The Labute approximate surface area is 233 Å². The molecule has 5 nitrogen and oxygen atoms in total. The molecule has 7 heteroatoms. The van der Waals surface area contributed by atoms with Gasteiger partial charge in [-0.1, -0.05) is 62.4 Å². The third-order valence-electron chi connectivity index (χ3n) is 6.54. The van der Waals surface area contributed by atoms with Crippen molar-refractivity contribution < 1.29 is 14.3 Å². The van der Waals surface area contributed by atoms with Crippen molar-refractivity contribution in [1.29, 1.82) is 0 Å². The van der Waals surface area contributed by atoms with Crippen molar-refractivity contribution in [2.24, 2.45) is 5.92 Å². The smallest absolute Gasteiger partial charge is 0.257 e. The van der Waals surface area contributed by atoms with E-state index in [-0.39, 0.29) is 11.0 Å². The largest absolute Gasteiger partial charge is 0.494 e. The minimum atomic E-state index is -0.295. The summed E-state index contributed by atoms with van der Waals surface area (Å²) in [5, 5.41) is 6.02. The lowest BCUT2D eigenvalue weighted by molar-refractivity contribution is 0.0977. The lowest BCUT2D eigenvalue weighted by Gasteiger charge is -2.21. The molecule has 1 amide bonds. The van der Waals surface area contributed by atoms with Crippen molar-refractivity contribution in [3.63, 3.8) is 0 Å². The van der Waals surface area contributed by atoms with Gasteiger partial charge in [0.1, 0.15) is 11.5 Å². The summed E-state index contributed by atoms with van der Waals surface area (Å²) in [5.41, 5.74) is 2.48. The van der Waals surface area contributed by atoms with Gasteiger partial charge in [0.25, 0.3) is 5.91 Å². The van der Waals surface area contributed by atoms with Crippen LogP contribution in [0.25, 0.3) is 0 Å². The van der Waals surface area contributed by atoms with Crippen LogP contribution in [0.4, 0.5) is 5.69 Å². The average Bonchev–Trinajstić information content (AvgIpc) is 2.92. The topological polar surface area (TPSA) is 59.6 Å². The molecule has 0 radical (unpaired) electrons. The highest BCUT2D eigenvalue weighted by molar-refractivity contribution is 9.10. The van der Waals surface area contributed by atoms with Gasteiger partial charge < -0.3 is 14.8 Å². The standard InChI is InChI=1S/C30H33BrN2O3S/c31-27-21-24(11-16-28(27)36-20-18-23-9-5-2-6-10-23)29(34)33-30(37)32-25-12-14-26(15-13-25)35-19-17-22-7-3-1-4-8-22/h2,5-6,9-16,21-22H,1,3-4,7-8,17-20H2,(H2,32,33,34,37). The number of halogens is 1. The number of benzene rings is 3. The van der Waals surface area contributed by atoms with Crippen LogP contribution in [-0.4, -0.2) is 24.2 Å². The van der Waals surface area contributed by atoms with Crippen LogP contribution in [0.2, 0.25) is 0 Å². The van der Waals surface area contributed by atoms with E-state index in [1.165, 1.54) is 37.7 Å². The molecular formula is C30H33BrN2O3S. The van der Waals surface area contributed by atoms with E-state index in [9.17, 15) is 4.79 Å². The second-order valence-corrected chi connectivity index (χ2v) is 10.6. The van der Waals surface area contributed by atoms with Gasteiger partial charge in [0, 0.05) is 17.7 Å². The van der Waals surface area contributed by atoms with Crippen LogP contribution in [0.3, 0.4) is 0 Å². The molecule has 3 aromatic rings. The molecule has 0 aromatic heterocycles. The predicted octanol–water partition coefficient (Wildman–Crippen LogP) is 7.55. The van der Waals surface area contributed by atoms with Crippen LogP contribution >= 0.6 is 28.1 Å². The van der Waals surface area contributed by atoms with E-state index in [1.807, 2.05) is 42.5 Å². The maximum Gasteiger partial charge on any atom is 0.257 e. The molecule has 1 aliphatic carbocycles. The summed E-state index contributed by atoms with van der Waals surface area (Å²) in [6.45, 7) is 1.30. The number of hydrogen-bond acceptors (Lipinski definition) is 4. The van der Waals surface area contributed by atoms with E-state index < -0.39 is 0 Å². The lowest BCUT2D eigenvalue weighted by Crippen LogP contribution is -2.34. The molecule has 1 saturated carbocycles. The zero-order valence-corrected chi connectivity index (χ0v) is 23.3. The van der Waals surface area contributed by atoms with Crippen LogP contribution < -0.4 is 20.1 Å². The summed E-state index contributed by atoms with van der Waals surface area (Å²) in [6, 6.07) is 23.0. The molecule has 3 aromatic carbocycles. The quantitative estimate of drug-likeness (QED) is 0.242. The first-order chi connectivity index (χ1) is 18.1. The molecule has 0 atom stereocenters. The third kappa shape index (κ3) is 8.86. The highest BCUT2D eigenvalue weighted by Crippen LogP contribution is 2.27.